The lowest BCUT2D eigenvalue weighted by molar-refractivity contribution is 0.0974. The van der Waals surface area contributed by atoms with Gasteiger partial charge in [-0.3, -0.25) is 4.79 Å². The van der Waals surface area contributed by atoms with Crippen molar-refractivity contribution in [1.29, 1.82) is 0 Å². The number of benzene rings is 3. The summed E-state index contributed by atoms with van der Waals surface area (Å²) in [5, 5.41) is 3.63. The molecule has 2 atom stereocenters. The summed E-state index contributed by atoms with van der Waals surface area (Å²) in [6, 6.07) is 26.3. The zero-order valence-electron chi connectivity index (χ0n) is 15.1. The van der Waals surface area contributed by atoms with E-state index in [0.29, 0.717) is 5.56 Å². The summed E-state index contributed by atoms with van der Waals surface area (Å²) in [4.78, 5) is 15.2. The average molecular weight is 421 g/mol. The molecule has 1 heterocycles. The predicted octanol–water partition coefficient (Wildman–Crippen LogP) is 6.04. The molecule has 4 heteroatoms. The SMILES string of the molecule is CC1C[C@@H](Nc2ccccc2)c2ccccc2N1C(=O)c1ccc(Br)cc1. The average Bonchev–Trinajstić information content (AvgIpc) is 2.69. The Morgan fingerprint density at radius 1 is 0.963 bits per heavy atom. The van der Waals surface area contributed by atoms with Crippen molar-refractivity contribution >= 4 is 33.2 Å². The first-order valence-electron chi connectivity index (χ1n) is 9.13. The highest BCUT2D eigenvalue weighted by Crippen LogP contribution is 2.39. The van der Waals surface area contributed by atoms with Crippen LogP contribution in [0, 0.1) is 0 Å². The van der Waals surface area contributed by atoms with Crippen molar-refractivity contribution in [2.45, 2.75) is 25.4 Å². The van der Waals surface area contributed by atoms with Crippen molar-refractivity contribution < 1.29 is 4.79 Å². The number of nitrogens with one attached hydrogen (secondary N) is 1. The van der Waals surface area contributed by atoms with Crippen LogP contribution in [0.25, 0.3) is 0 Å². The first kappa shape index (κ1) is 17.8. The van der Waals surface area contributed by atoms with E-state index >= 15 is 0 Å². The van der Waals surface area contributed by atoms with Gasteiger partial charge in [0.25, 0.3) is 5.91 Å². The number of hydrogen-bond acceptors (Lipinski definition) is 2. The van der Waals surface area contributed by atoms with E-state index in [4.69, 9.17) is 0 Å². The summed E-state index contributed by atoms with van der Waals surface area (Å²) < 4.78 is 0.971. The molecule has 0 spiro atoms. The third-order valence-electron chi connectivity index (χ3n) is 5.01. The second-order valence-corrected chi connectivity index (χ2v) is 7.80. The van der Waals surface area contributed by atoms with Gasteiger partial charge in [-0.05, 0) is 61.4 Å². The van der Waals surface area contributed by atoms with E-state index in [0.717, 1.165) is 27.8 Å². The summed E-state index contributed by atoms with van der Waals surface area (Å²) in [6.07, 6.45) is 0.855. The minimum atomic E-state index is 0.0422. The molecule has 0 aromatic heterocycles. The molecule has 0 saturated carbocycles. The minimum Gasteiger partial charge on any atom is -0.378 e. The van der Waals surface area contributed by atoms with Crippen molar-refractivity contribution in [2.24, 2.45) is 0 Å². The molecule has 1 aliphatic heterocycles. The molecule has 3 aromatic rings. The highest BCUT2D eigenvalue weighted by molar-refractivity contribution is 9.10. The lowest BCUT2D eigenvalue weighted by Gasteiger charge is -2.40. The number of rotatable bonds is 3. The van der Waals surface area contributed by atoms with E-state index < -0.39 is 0 Å². The highest BCUT2D eigenvalue weighted by Gasteiger charge is 2.34. The van der Waals surface area contributed by atoms with Crippen LogP contribution < -0.4 is 10.2 Å². The summed E-state index contributed by atoms with van der Waals surface area (Å²) >= 11 is 3.43. The van der Waals surface area contributed by atoms with Crippen molar-refractivity contribution in [1.82, 2.24) is 0 Å². The molecular formula is C23H21BrN2O. The van der Waals surface area contributed by atoms with E-state index in [1.54, 1.807) is 0 Å². The number of halogens is 1. The number of fused-ring (bicyclic) bond motifs is 1. The summed E-state index contributed by atoms with van der Waals surface area (Å²) in [7, 11) is 0. The number of amides is 1. The van der Waals surface area contributed by atoms with Crippen LogP contribution in [0.3, 0.4) is 0 Å². The Kier molecular flexibility index (Phi) is 4.99. The van der Waals surface area contributed by atoms with Crippen molar-refractivity contribution in [3.8, 4) is 0 Å². The van der Waals surface area contributed by atoms with Crippen molar-refractivity contribution in [3.05, 3.63) is 94.5 Å². The number of carbonyl (C=O) groups is 1. The van der Waals surface area contributed by atoms with E-state index in [2.05, 4.69) is 46.4 Å². The van der Waals surface area contributed by atoms with Crippen molar-refractivity contribution in [2.75, 3.05) is 10.2 Å². The number of nitrogens with zero attached hydrogens (tertiary/aromatic N) is 1. The van der Waals surface area contributed by atoms with Crippen LogP contribution >= 0.6 is 15.9 Å². The lowest BCUT2D eigenvalue weighted by Crippen LogP contribution is -2.44. The van der Waals surface area contributed by atoms with Gasteiger partial charge in [-0.2, -0.15) is 0 Å². The van der Waals surface area contributed by atoms with Gasteiger partial charge in [-0.15, -0.1) is 0 Å². The molecule has 3 nitrogen and oxygen atoms in total. The van der Waals surface area contributed by atoms with E-state index in [1.807, 2.05) is 65.6 Å². The van der Waals surface area contributed by atoms with E-state index in [-0.39, 0.29) is 18.0 Å². The Balaban J connectivity index is 1.68. The summed E-state index contributed by atoms with van der Waals surface area (Å²) in [5.41, 5.74) is 3.94. The van der Waals surface area contributed by atoms with Gasteiger partial charge in [-0.25, -0.2) is 0 Å². The Hall–Kier alpha value is -2.59. The van der Waals surface area contributed by atoms with E-state index in [9.17, 15) is 4.79 Å². The van der Waals surface area contributed by atoms with Crippen LogP contribution in [0.4, 0.5) is 11.4 Å². The Labute approximate surface area is 168 Å². The van der Waals surface area contributed by atoms with Crippen LogP contribution in [-0.2, 0) is 0 Å². The number of hydrogen-bond donors (Lipinski definition) is 1. The topological polar surface area (TPSA) is 32.3 Å². The Bertz CT molecular complexity index is 940. The third-order valence-corrected chi connectivity index (χ3v) is 5.54. The minimum absolute atomic E-state index is 0.0422. The molecule has 3 aromatic carbocycles. The molecule has 4 rings (SSSR count). The fraction of sp³-hybridized carbons (Fsp3) is 0.174. The second kappa shape index (κ2) is 7.57. The first-order chi connectivity index (χ1) is 13.1. The molecular weight excluding hydrogens is 400 g/mol. The molecule has 1 aliphatic rings. The van der Waals surface area contributed by atoms with Crippen LogP contribution in [0.15, 0.2) is 83.3 Å². The van der Waals surface area contributed by atoms with Crippen LogP contribution in [-0.4, -0.2) is 11.9 Å². The standard InChI is InChI=1S/C23H21BrN2O/c1-16-15-21(25-19-7-3-2-4-8-19)20-9-5-6-10-22(20)26(16)23(27)17-11-13-18(24)14-12-17/h2-14,16,21,25H,15H2,1H3/t16?,21-/m1/s1. The normalized spacial score (nSPS) is 18.7. The maximum Gasteiger partial charge on any atom is 0.258 e. The highest BCUT2D eigenvalue weighted by atomic mass is 79.9. The van der Waals surface area contributed by atoms with Gasteiger partial charge >= 0.3 is 0 Å². The Morgan fingerprint density at radius 2 is 1.63 bits per heavy atom. The van der Waals surface area contributed by atoms with Crippen molar-refractivity contribution in [3.63, 3.8) is 0 Å². The molecule has 0 bridgehead atoms. The fourth-order valence-corrected chi connectivity index (χ4v) is 3.99. The first-order valence-corrected chi connectivity index (χ1v) is 9.92. The summed E-state index contributed by atoms with van der Waals surface area (Å²) in [6.45, 7) is 2.12. The third kappa shape index (κ3) is 3.62. The fourth-order valence-electron chi connectivity index (χ4n) is 3.73. The number of anilines is 2. The van der Waals surface area contributed by atoms with Gasteiger partial charge < -0.3 is 10.2 Å². The quantitative estimate of drug-likeness (QED) is 0.559. The maximum absolute atomic E-state index is 13.2. The van der Waals surface area contributed by atoms with E-state index in [1.165, 1.54) is 0 Å². The Morgan fingerprint density at radius 3 is 2.37 bits per heavy atom. The van der Waals surface area contributed by atoms with Crippen LogP contribution in [0.1, 0.15) is 35.3 Å². The number of carbonyl (C=O) groups excluding carboxylic acids is 1. The van der Waals surface area contributed by atoms with Gasteiger partial charge in [0.2, 0.25) is 0 Å². The molecule has 136 valence electrons. The summed E-state index contributed by atoms with van der Waals surface area (Å²) in [5.74, 6) is 0.0422. The lowest BCUT2D eigenvalue weighted by atomic mass is 9.90. The van der Waals surface area contributed by atoms with Gasteiger partial charge in [0.15, 0.2) is 0 Å². The molecule has 0 radical (unpaired) electrons. The zero-order chi connectivity index (χ0) is 18.8. The second-order valence-electron chi connectivity index (χ2n) is 6.89. The number of para-hydroxylation sites is 2. The largest absolute Gasteiger partial charge is 0.378 e. The van der Waals surface area contributed by atoms with Crippen LogP contribution in [0.5, 0.6) is 0 Å². The van der Waals surface area contributed by atoms with Gasteiger partial charge in [0.05, 0.1) is 6.04 Å². The van der Waals surface area contributed by atoms with Gasteiger partial charge in [0, 0.05) is 27.5 Å². The molecule has 0 aliphatic carbocycles. The molecule has 1 N–H and O–H groups in total. The monoisotopic (exact) mass is 420 g/mol. The molecule has 1 unspecified atom stereocenters. The molecule has 0 fully saturated rings. The smallest absolute Gasteiger partial charge is 0.258 e. The van der Waals surface area contributed by atoms with Gasteiger partial charge in [-0.1, -0.05) is 52.3 Å². The molecule has 1 amide bonds. The zero-order valence-corrected chi connectivity index (χ0v) is 16.7. The molecule has 27 heavy (non-hydrogen) atoms. The maximum atomic E-state index is 13.2. The van der Waals surface area contributed by atoms with Gasteiger partial charge in [0.1, 0.15) is 0 Å². The molecule has 0 saturated heterocycles. The predicted molar refractivity (Wildman–Crippen MR) is 114 cm³/mol. The van der Waals surface area contributed by atoms with Crippen LogP contribution in [0.2, 0.25) is 0 Å².